The van der Waals surface area contributed by atoms with Gasteiger partial charge in [-0.05, 0) is 30.0 Å². The lowest BCUT2D eigenvalue weighted by molar-refractivity contribution is 0.0359. The molecule has 4 heteroatoms. The highest BCUT2D eigenvalue weighted by atomic mass is 32.1. The number of anilines is 1. The van der Waals surface area contributed by atoms with Gasteiger partial charge in [0.05, 0.1) is 19.3 Å². The zero-order valence-corrected chi connectivity index (χ0v) is 11.8. The van der Waals surface area contributed by atoms with E-state index in [0.29, 0.717) is 19.8 Å². The molecular weight excluding hydrogens is 258 g/mol. The Morgan fingerprint density at radius 1 is 1.26 bits per heavy atom. The number of hydrogen-bond donors (Lipinski definition) is 2. The first kappa shape index (κ1) is 14.1. The zero-order chi connectivity index (χ0) is 13.5. The minimum atomic E-state index is -0.500. The molecule has 3 nitrogen and oxygen atoms in total. The van der Waals surface area contributed by atoms with Crippen molar-refractivity contribution in [2.45, 2.75) is 19.6 Å². The van der Waals surface area contributed by atoms with Crippen molar-refractivity contribution in [3.63, 3.8) is 0 Å². The van der Waals surface area contributed by atoms with Crippen LogP contribution < -0.4 is 5.32 Å². The molecule has 0 fully saturated rings. The van der Waals surface area contributed by atoms with Gasteiger partial charge in [0.15, 0.2) is 0 Å². The van der Waals surface area contributed by atoms with Crippen molar-refractivity contribution < 1.29 is 9.84 Å². The van der Waals surface area contributed by atoms with Crippen LogP contribution >= 0.6 is 11.3 Å². The van der Waals surface area contributed by atoms with E-state index >= 15 is 0 Å². The second-order valence-corrected chi connectivity index (χ2v) is 5.48. The molecular formula is C15H19NO2S. The number of ether oxygens (including phenoxy) is 1. The smallest absolute Gasteiger partial charge is 0.0945 e. The van der Waals surface area contributed by atoms with Crippen molar-refractivity contribution in [1.29, 1.82) is 0 Å². The van der Waals surface area contributed by atoms with Crippen LogP contribution in [0.5, 0.6) is 0 Å². The van der Waals surface area contributed by atoms with Crippen molar-refractivity contribution in [2.75, 3.05) is 18.5 Å². The van der Waals surface area contributed by atoms with Gasteiger partial charge >= 0.3 is 0 Å². The summed E-state index contributed by atoms with van der Waals surface area (Å²) in [7, 11) is 0. The Balaban J connectivity index is 1.67. The molecule has 0 spiro atoms. The van der Waals surface area contributed by atoms with Gasteiger partial charge in [0, 0.05) is 17.1 Å². The summed E-state index contributed by atoms with van der Waals surface area (Å²) in [6, 6.07) is 12.1. The largest absolute Gasteiger partial charge is 0.389 e. The zero-order valence-electron chi connectivity index (χ0n) is 11.0. The summed E-state index contributed by atoms with van der Waals surface area (Å²) < 4.78 is 5.48. The van der Waals surface area contributed by atoms with E-state index in [1.165, 1.54) is 10.4 Å². The average Bonchev–Trinajstić information content (AvgIpc) is 2.91. The maximum atomic E-state index is 9.85. The van der Waals surface area contributed by atoms with Gasteiger partial charge in [-0.3, -0.25) is 0 Å². The lowest BCUT2D eigenvalue weighted by Gasteiger charge is -2.14. The van der Waals surface area contributed by atoms with Crippen LogP contribution in [0.25, 0.3) is 0 Å². The van der Waals surface area contributed by atoms with E-state index < -0.39 is 6.10 Å². The first-order valence-corrected chi connectivity index (χ1v) is 7.21. The fraction of sp³-hybridized carbons (Fsp3) is 0.333. The molecule has 0 radical (unpaired) electrons. The van der Waals surface area contributed by atoms with Crippen LogP contribution in [0, 0.1) is 6.92 Å². The molecule has 102 valence electrons. The van der Waals surface area contributed by atoms with Crippen molar-refractivity contribution in [3.8, 4) is 0 Å². The van der Waals surface area contributed by atoms with Crippen LogP contribution in [0.2, 0.25) is 0 Å². The van der Waals surface area contributed by atoms with E-state index in [9.17, 15) is 5.11 Å². The number of thiophene rings is 1. The first-order valence-electron chi connectivity index (χ1n) is 6.33. The maximum absolute atomic E-state index is 9.85. The van der Waals surface area contributed by atoms with E-state index in [1.54, 1.807) is 11.3 Å². The Labute approximate surface area is 117 Å². The molecule has 2 N–H and O–H groups in total. The molecule has 1 heterocycles. The standard InChI is InChI=1S/C15H19NO2S/c1-12-5-2-3-7-15(12)16-9-13(17)10-18-11-14-6-4-8-19-14/h2-8,13,16-17H,9-11H2,1H3. The van der Waals surface area contributed by atoms with E-state index in [2.05, 4.69) is 5.32 Å². The molecule has 0 aliphatic carbocycles. The van der Waals surface area contributed by atoms with Crippen LogP contribution in [-0.2, 0) is 11.3 Å². The summed E-state index contributed by atoms with van der Waals surface area (Å²) in [5, 5.41) is 15.1. The lowest BCUT2D eigenvalue weighted by atomic mass is 10.2. The summed E-state index contributed by atoms with van der Waals surface area (Å²) >= 11 is 1.66. The molecule has 1 atom stereocenters. The van der Waals surface area contributed by atoms with Gasteiger partial charge in [0.2, 0.25) is 0 Å². The highest BCUT2D eigenvalue weighted by molar-refractivity contribution is 7.09. The highest BCUT2D eigenvalue weighted by Crippen LogP contribution is 2.13. The number of benzene rings is 1. The van der Waals surface area contributed by atoms with E-state index in [-0.39, 0.29) is 0 Å². The fourth-order valence-corrected chi connectivity index (χ4v) is 2.39. The van der Waals surface area contributed by atoms with E-state index in [0.717, 1.165) is 5.69 Å². The van der Waals surface area contributed by atoms with E-state index in [4.69, 9.17) is 4.74 Å². The second kappa shape index (κ2) is 7.28. The molecule has 1 unspecified atom stereocenters. The normalized spacial score (nSPS) is 12.3. The Morgan fingerprint density at radius 3 is 2.84 bits per heavy atom. The average molecular weight is 277 g/mol. The summed E-state index contributed by atoms with van der Waals surface area (Å²) in [6.07, 6.45) is -0.500. The third kappa shape index (κ3) is 4.67. The number of para-hydroxylation sites is 1. The molecule has 1 aromatic heterocycles. The number of aliphatic hydroxyl groups is 1. The third-order valence-electron chi connectivity index (χ3n) is 2.81. The molecule has 0 saturated heterocycles. The van der Waals surface area contributed by atoms with Crippen LogP contribution in [0.1, 0.15) is 10.4 Å². The Morgan fingerprint density at radius 2 is 2.11 bits per heavy atom. The predicted molar refractivity (Wildman–Crippen MR) is 79.7 cm³/mol. The van der Waals surface area contributed by atoms with Crippen molar-refractivity contribution in [2.24, 2.45) is 0 Å². The summed E-state index contributed by atoms with van der Waals surface area (Å²) in [6.45, 7) is 3.45. The van der Waals surface area contributed by atoms with Gasteiger partial charge < -0.3 is 15.2 Å². The quantitative estimate of drug-likeness (QED) is 0.817. The Kier molecular flexibility index (Phi) is 5.39. The topological polar surface area (TPSA) is 41.5 Å². The van der Waals surface area contributed by atoms with Gasteiger partial charge in [-0.1, -0.05) is 24.3 Å². The Hall–Kier alpha value is -1.36. The van der Waals surface area contributed by atoms with Gasteiger partial charge in [-0.2, -0.15) is 0 Å². The number of nitrogens with one attached hydrogen (secondary N) is 1. The number of aliphatic hydroxyl groups excluding tert-OH is 1. The molecule has 0 aliphatic rings. The van der Waals surface area contributed by atoms with Crippen LogP contribution in [0.15, 0.2) is 41.8 Å². The second-order valence-electron chi connectivity index (χ2n) is 4.44. The lowest BCUT2D eigenvalue weighted by Crippen LogP contribution is -2.24. The van der Waals surface area contributed by atoms with Crippen molar-refractivity contribution in [3.05, 3.63) is 52.2 Å². The van der Waals surface area contributed by atoms with Crippen LogP contribution in [0.3, 0.4) is 0 Å². The summed E-state index contributed by atoms with van der Waals surface area (Å²) in [5.74, 6) is 0. The van der Waals surface area contributed by atoms with Crippen LogP contribution in [0.4, 0.5) is 5.69 Å². The fourth-order valence-electron chi connectivity index (χ4n) is 1.75. The minimum Gasteiger partial charge on any atom is -0.389 e. The molecule has 0 aliphatic heterocycles. The SMILES string of the molecule is Cc1ccccc1NCC(O)COCc1cccs1. The molecule has 19 heavy (non-hydrogen) atoms. The first-order chi connectivity index (χ1) is 9.25. The summed E-state index contributed by atoms with van der Waals surface area (Å²) in [5.41, 5.74) is 2.23. The number of hydrogen-bond acceptors (Lipinski definition) is 4. The monoisotopic (exact) mass is 277 g/mol. The van der Waals surface area contributed by atoms with Gasteiger partial charge in [-0.25, -0.2) is 0 Å². The van der Waals surface area contributed by atoms with Gasteiger partial charge in [0.1, 0.15) is 0 Å². The van der Waals surface area contributed by atoms with Crippen molar-refractivity contribution >= 4 is 17.0 Å². The van der Waals surface area contributed by atoms with Crippen molar-refractivity contribution in [1.82, 2.24) is 0 Å². The Bertz CT molecular complexity index is 485. The minimum absolute atomic E-state index is 0.344. The molecule has 1 aromatic carbocycles. The van der Waals surface area contributed by atoms with Crippen LogP contribution in [-0.4, -0.2) is 24.4 Å². The van der Waals surface area contributed by atoms with Gasteiger partial charge in [-0.15, -0.1) is 11.3 Å². The van der Waals surface area contributed by atoms with Gasteiger partial charge in [0.25, 0.3) is 0 Å². The predicted octanol–water partition coefficient (Wildman–Crippen LogP) is 3.05. The molecule has 0 amide bonds. The molecule has 0 bridgehead atoms. The summed E-state index contributed by atoms with van der Waals surface area (Å²) in [4.78, 5) is 1.18. The number of rotatable bonds is 7. The molecule has 2 rings (SSSR count). The maximum Gasteiger partial charge on any atom is 0.0945 e. The highest BCUT2D eigenvalue weighted by Gasteiger charge is 2.05. The van der Waals surface area contributed by atoms with E-state index in [1.807, 2.05) is 48.7 Å². The number of aryl methyl sites for hydroxylation is 1. The third-order valence-corrected chi connectivity index (χ3v) is 3.66. The molecule has 2 aromatic rings. The molecule has 0 saturated carbocycles.